The molecule has 0 heterocycles. The van der Waals surface area contributed by atoms with Gasteiger partial charge in [-0.1, -0.05) is 71.2 Å². The topological polar surface area (TPSA) is 20.2 Å². The van der Waals surface area contributed by atoms with Crippen molar-refractivity contribution in [2.75, 3.05) is 0 Å². The number of aliphatic hydroxyl groups is 1. The lowest BCUT2D eigenvalue weighted by atomic mass is 9.52. The maximum absolute atomic E-state index is 12.1. The number of benzene rings is 3. The first-order valence-corrected chi connectivity index (χ1v) is 9.16. The highest BCUT2D eigenvalue weighted by Crippen LogP contribution is 2.64. The Morgan fingerprint density at radius 2 is 0.960 bits per heavy atom. The number of rotatable bonds is 0. The molecule has 4 heteroatoms. The van der Waals surface area contributed by atoms with Crippen molar-refractivity contribution in [2.24, 2.45) is 0 Å². The fourth-order valence-electron chi connectivity index (χ4n) is 4.74. The van der Waals surface area contributed by atoms with Crippen LogP contribution in [0, 0.1) is 0 Å². The van der Waals surface area contributed by atoms with Crippen molar-refractivity contribution >= 4 is 34.8 Å². The zero-order chi connectivity index (χ0) is 17.6. The van der Waals surface area contributed by atoms with Gasteiger partial charge in [-0.25, -0.2) is 0 Å². The number of hydrogen-bond donors (Lipinski definition) is 1. The number of halogens is 3. The quantitative estimate of drug-likeness (QED) is 0.508. The zero-order valence-electron chi connectivity index (χ0n) is 13.3. The summed E-state index contributed by atoms with van der Waals surface area (Å²) in [7, 11) is 0. The minimum Gasteiger partial charge on any atom is -0.376 e. The summed E-state index contributed by atoms with van der Waals surface area (Å²) in [4.78, 5) is 0. The highest BCUT2D eigenvalue weighted by molar-refractivity contribution is 6.34. The van der Waals surface area contributed by atoms with Crippen LogP contribution in [0.15, 0.2) is 54.6 Å². The van der Waals surface area contributed by atoms with Gasteiger partial charge in [-0.3, -0.25) is 0 Å². The van der Waals surface area contributed by atoms with E-state index in [4.69, 9.17) is 34.8 Å². The molecule has 6 rings (SSSR count). The zero-order valence-corrected chi connectivity index (χ0v) is 15.5. The Morgan fingerprint density at radius 3 is 1.28 bits per heavy atom. The maximum Gasteiger partial charge on any atom is 0.145 e. The van der Waals surface area contributed by atoms with E-state index in [1.165, 1.54) is 0 Å². The molecule has 0 saturated heterocycles. The first-order valence-electron chi connectivity index (χ1n) is 8.02. The van der Waals surface area contributed by atoms with Gasteiger partial charge in [-0.05, 0) is 41.8 Å². The summed E-state index contributed by atoms with van der Waals surface area (Å²) in [6.07, 6.45) is 0. The molecule has 0 spiro atoms. The minimum absolute atomic E-state index is 0.481. The molecule has 3 aliphatic carbocycles. The van der Waals surface area contributed by atoms with Gasteiger partial charge in [-0.15, -0.1) is 0 Å². The summed E-state index contributed by atoms with van der Waals surface area (Å²) in [6, 6.07) is 17.3. The average Bonchev–Trinajstić information content (AvgIpc) is 2.58. The molecule has 0 radical (unpaired) electrons. The third kappa shape index (κ3) is 1.61. The summed E-state index contributed by atoms with van der Waals surface area (Å²) < 4.78 is 0. The molecule has 0 unspecified atom stereocenters. The molecule has 0 saturated carbocycles. The van der Waals surface area contributed by atoms with E-state index in [1.807, 2.05) is 36.4 Å². The van der Waals surface area contributed by atoms with E-state index in [-0.39, 0.29) is 0 Å². The van der Waals surface area contributed by atoms with Crippen LogP contribution in [0.1, 0.15) is 40.3 Å². The van der Waals surface area contributed by atoms with Gasteiger partial charge in [-0.2, -0.15) is 0 Å². The molecule has 124 valence electrons. The highest BCUT2D eigenvalue weighted by Gasteiger charge is 2.58. The monoisotopic (exact) mass is 386 g/mol. The molecular weight excluding hydrogens is 375 g/mol. The third-order valence-corrected chi connectivity index (χ3v) is 6.69. The first-order chi connectivity index (χ1) is 11.9. The molecule has 0 aromatic heterocycles. The van der Waals surface area contributed by atoms with Gasteiger partial charge in [0.05, 0.1) is 0 Å². The average molecular weight is 388 g/mol. The molecule has 3 aliphatic rings. The standard InChI is InChI=1S/C21H13Cl3O/c1-20-11-5-2-8-14(22)17(11)21(25,18-12(20)6-3-9-15(18)23)19-13(20)7-4-10-16(19)24/h2-10,25H,1H3. The first kappa shape index (κ1) is 15.7. The Labute approximate surface area is 160 Å². The highest BCUT2D eigenvalue weighted by atomic mass is 35.5. The van der Waals surface area contributed by atoms with E-state index < -0.39 is 11.0 Å². The van der Waals surface area contributed by atoms with E-state index >= 15 is 0 Å². The van der Waals surface area contributed by atoms with E-state index in [9.17, 15) is 5.11 Å². The molecule has 0 amide bonds. The van der Waals surface area contributed by atoms with Gasteiger partial charge in [0.25, 0.3) is 0 Å². The normalized spacial score (nSPS) is 25.3. The second kappa shape index (κ2) is 4.81. The van der Waals surface area contributed by atoms with E-state index in [2.05, 4.69) is 6.92 Å². The second-order valence-electron chi connectivity index (χ2n) is 6.82. The predicted octanol–water partition coefficient (Wildman–Crippen LogP) is 5.91. The van der Waals surface area contributed by atoms with Crippen LogP contribution in [0.4, 0.5) is 0 Å². The van der Waals surface area contributed by atoms with Crippen LogP contribution in [-0.4, -0.2) is 5.11 Å². The van der Waals surface area contributed by atoms with Crippen molar-refractivity contribution in [2.45, 2.75) is 17.9 Å². The molecule has 25 heavy (non-hydrogen) atoms. The smallest absolute Gasteiger partial charge is 0.145 e. The van der Waals surface area contributed by atoms with Gasteiger partial charge in [0, 0.05) is 37.2 Å². The maximum atomic E-state index is 12.1. The Morgan fingerprint density at radius 1 is 0.640 bits per heavy atom. The van der Waals surface area contributed by atoms with E-state index in [0.717, 1.165) is 16.7 Å². The fraction of sp³-hybridized carbons (Fsp3) is 0.143. The molecule has 3 aromatic rings. The van der Waals surface area contributed by atoms with Crippen LogP contribution >= 0.6 is 34.8 Å². The predicted molar refractivity (Wildman–Crippen MR) is 102 cm³/mol. The lowest BCUT2D eigenvalue weighted by Gasteiger charge is -2.53. The molecule has 0 fully saturated rings. The largest absolute Gasteiger partial charge is 0.376 e. The van der Waals surface area contributed by atoms with Crippen molar-refractivity contribution in [3.63, 3.8) is 0 Å². The number of hydrogen-bond acceptors (Lipinski definition) is 1. The second-order valence-corrected chi connectivity index (χ2v) is 8.04. The third-order valence-electron chi connectivity index (χ3n) is 5.74. The molecule has 1 N–H and O–H groups in total. The Hall–Kier alpha value is -1.51. The van der Waals surface area contributed by atoms with Gasteiger partial charge in [0.2, 0.25) is 0 Å². The Kier molecular flexibility index (Phi) is 3.02. The summed E-state index contributed by atoms with van der Waals surface area (Å²) in [6.45, 7) is 2.14. The van der Waals surface area contributed by atoms with Gasteiger partial charge >= 0.3 is 0 Å². The van der Waals surface area contributed by atoms with Crippen molar-refractivity contribution in [1.82, 2.24) is 0 Å². The van der Waals surface area contributed by atoms with Gasteiger partial charge in [0.15, 0.2) is 0 Å². The van der Waals surface area contributed by atoms with Crippen molar-refractivity contribution in [3.05, 3.63) is 103 Å². The van der Waals surface area contributed by atoms with Crippen LogP contribution in [0.3, 0.4) is 0 Å². The van der Waals surface area contributed by atoms with Gasteiger partial charge in [0.1, 0.15) is 5.60 Å². The van der Waals surface area contributed by atoms with Crippen molar-refractivity contribution in [3.8, 4) is 0 Å². The van der Waals surface area contributed by atoms with Crippen LogP contribution in [0.2, 0.25) is 15.1 Å². The summed E-state index contributed by atoms with van der Waals surface area (Å²) in [5.41, 5.74) is 3.07. The lowest BCUT2D eigenvalue weighted by Crippen LogP contribution is -2.50. The summed E-state index contributed by atoms with van der Waals surface area (Å²) >= 11 is 19.7. The molecular formula is C21H13Cl3O. The van der Waals surface area contributed by atoms with E-state index in [1.54, 1.807) is 18.2 Å². The van der Waals surface area contributed by atoms with Crippen molar-refractivity contribution < 1.29 is 5.11 Å². The van der Waals surface area contributed by atoms with Crippen LogP contribution in [0.25, 0.3) is 0 Å². The Bertz CT molecular complexity index is 938. The van der Waals surface area contributed by atoms with Crippen LogP contribution < -0.4 is 0 Å². The van der Waals surface area contributed by atoms with Crippen LogP contribution in [0.5, 0.6) is 0 Å². The Balaban J connectivity index is 2.10. The van der Waals surface area contributed by atoms with Crippen molar-refractivity contribution in [1.29, 1.82) is 0 Å². The SMILES string of the molecule is CC12c3cccc(Cl)c3C(O)(c3c(Cl)cccc31)c1c(Cl)cccc12. The molecule has 0 aliphatic heterocycles. The van der Waals surface area contributed by atoms with Crippen LogP contribution in [-0.2, 0) is 11.0 Å². The van der Waals surface area contributed by atoms with E-state index in [0.29, 0.717) is 31.8 Å². The molecule has 0 atom stereocenters. The molecule has 1 nitrogen and oxygen atoms in total. The molecule has 3 aromatic carbocycles. The lowest BCUT2D eigenvalue weighted by molar-refractivity contribution is 0.108. The fourth-order valence-corrected chi connectivity index (χ4v) is 5.67. The molecule has 2 bridgehead atoms. The summed E-state index contributed by atoms with van der Waals surface area (Å²) in [5, 5.41) is 13.6. The van der Waals surface area contributed by atoms with Gasteiger partial charge < -0.3 is 5.11 Å². The minimum atomic E-state index is -1.47. The summed E-state index contributed by atoms with van der Waals surface area (Å²) in [5.74, 6) is 0.